The fraction of sp³-hybridized carbons (Fsp3) is 0.0698. The smallest absolute Gasteiger partial charge is 0.159 e. The monoisotopic (exact) mass is 578 g/mol. The zero-order chi connectivity index (χ0) is 30.8. The Labute approximate surface area is 265 Å². The normalized spacial score (nSPS) is 11.0. The van der Waals surface area contributed by atoms with E-state index in [-0.39, 0.29) is 0 Å². The van der Waals surface area contributed by atoms with Crippen LogP contribution in [0.5, 0.6) is 0 Å². The summed E-state index contributed by atoms with van der Waals surface area (Å²) < 4.78 is 0. The van der Waals surface area contributed by atoms with Crippen LogP contribution in [0.15, 0.2) is 152 Å². The fourth-order valence-corrected chi connectivity index (χ4v) is 6.22. The number of rotatable bonds is 6. The lowest BCUT2D eigenvalue weighted by Crippen LogP contribution is -1.98. The van der Waals surface area contributed by atoms with Gasteiger partial charge in [0.25, 0.3) is 0 Å². The first-order chi connectivity index (χ1) is 22.0. The molecule has 0 amide bonds. The summed E-state index contributed by atoms with van der Waals surface area (Å²) in [6, 6.07) is 51.7. The predicted molar refractivity (Wildman–Crippen MR) is 189 cm³/mol. The minimum Gasteiger partial charge on any atom is -0.236 e. The number of aromatic nitrogens is 2. The summed E-state index contributed by atoms with van der Waals surface area (Å²) >= 11 is 0. The molecule has 1 aromatic heterocycles. The van der Waals surface area contributed by atoms with Crippen molar-refractivity contribution in [3.63, 3.8) is 0 Å². The van der Waals surface area contributed by atoms with Gasteiger partial charge in [0, 0.05) is 22.9 Å². The standard InChI is InChI=1S/C43H34N2/c1-29-23-30(2)25-37(24-29)33-16-11-18-35(26-33)39-21-9-10-22-40(39)42-41(28-44-43(45-42)32-14-5-4-6-15-32)36-19-12-17-34(27-36)38-20-8-7-13-31(38)3/h4-28H,1-3H3. The van der Waals surface area contributed by atoms with Gasteiger partial charge in [-0.1, -0.05) is 145 Å². The SMILES string of the molecule is Cc1cc(C)cc(-c2cccc(-c3ccccc3-c3nc(-c4ccccc4)ncc3-c3cccc(-c4ccccc4C)c3)c2)c1. The second-order valence-corrected chi connectivity index (χ2v) is 11.7. The molecule has 0 radical (unpaired) electrons. The Kier molecular flexibility index (Phi) is 7.63. The van der Waals surface area contributed by atoms with E-state index < -0.39 is 0 Å². The number of aryl methyl sites for hydroxylation is 3. The third-order valence-electron chi connectivity index (χ3n) is 8.36. The van der Waals surface area contributed by atoms with E-state index in [9.17, 15) is 0 Å². The van der Waals surface area contributed by atoms with Crippen LogP contribution in [0.1, 0.15) is 16.7 Å². The fourth-order valence-electron chi connectivity index (χ4n) is 6.22. The average Bonchev–Trinajstić information content (AvgIpc) is 3.08. The molecule has 45 heavy (non-hydrogen) atoms. The van der Waals surface area contributed by atoms with Gasteiger partial charge in [0.1, 0.15) is 0 Å². The molecule has 0 fully saturated rings. The third-order valence-corrected chi connectivity index (χ3v) is 8.36. The summed E-state index contributed by atoms with van der Waals surface area (Å²) in [5, 5.41) is 0. The van der Waals surface area contributed by atoms with E-state index in [2.05, 4.69) is 148 Å². The Balaban J connectivity index is 1.42. The molecule has 7 rings (SSSR count). The highest BCUT2D eigenvalue weighted by molar-refractivity contribution is 5.91. The van der Waals surface area contributed by atoms with Crippen LogP contribution >= 0.6 is 0 Å². The van der Waals surface area contributed by atoms with Gasteiger partial charge in [-0.3, -0.25) is 0 Å². The Morgan fingerprint density at radius 3 is 1.62 bits per heavy atom. The summed E-state index contributed by atoms with van der Waals surface area (Å²) in [5.41, 5.74) is 16.0. The zero-order valence-corrected chi connectivity index (χ0v) is 25.8. The van der Waals surface area contributed by atoms with Crippen LogP contribution in [0.25, 0.3) is 67.2 Å². The Morgan fingerprint density at radius 1 is 0.378 bits per heavy atom. The summed E-state index contributed by atoms with van der Waals surface area (Å²) in [4.78, 5) is 10.2. The maximum atomic E-state index is 5.29. The van der Waals surface area contributed by atoms with E-state index in [0.29, 0.717) is 5.82 Å². The van der Waals surface area contributed by atoms with Gasteiger partial charge in [0.15, 0.2) is 5.82 Å². The second kappa shape index (κ2) is 12.2. The van der Waals surface area contributed by atoms with Gasteiger partial charge in [-0.05, 0) is 77.4 Å². The van der Waals surface area contributed by atoms with E-state index in [4.69, 9.17) is 9.97 Å². The van der Waals surface area contributed by atoms with Gasteiger partial charge in [0.05, 0.1) is 5.69 Å². The van der Waals surface area contributed by atoms with Gasteiger partial charge >= 0.3 is 0 Å². The second-order valence-electron chi connectivity index (χ2n) is 11.7. The Morgan fingerprint density at radius 2 is 0.911 bits per heavy atom. The van der Waals surface area contributed by atoms with Crippen molar-refractivity contribution in [2.75, 3.05) is 0 Å². The van der Waals surface area contributed by atoms with Crippen LogP contribution in [0, 0.1) is 20.8 Å². The molecule has 216 valence electrons. The largest absolute Gasteiger partial charge is 0.236 e. The summed E-state index contributed by atoms with van der Waals surface area (Å²) in [5.74, 6) is 0.711. The van der Waals surface area contributed by atoms with E-state index in [1.54, 1.807) is 0 Å². The Bertz CT molecular complexity index is 2120. The van der Waals surface area contributed by atoms with Gasteiger partial charge < -0.3 is 0 Å². The molecule has 0 unspecified atom stereocenters. The van der Waals surface area contributed by atoms with Crippen molar-refractivity contribution in [3.05, 3.63) is 168 Å². The average molecular weight is 579 g/mol. The van der Waals surface area contributed by atoms with Crippen LogP contribution in [0.3, 0.4) is 0 Å². The molecule has 0 N–H and O–H groups in total. The molecule has 2 heteroatoms. The molecule has 0 spiro atoms. The lowest BCUT2D eigenvalue weighted by atomic mass is 9.90. The number of hydrogen-bond acceptors (Lipinski definition) is 2. The van der Waals surface area contributed by atoms with Crippen molar-refractivity contribution < 1.29 is 0 Å². The number of benzene rings is 6. The minimum atomic E-state index is 0.711. The highest BCUT2D eigenvalue weighted by Crippen LogP contribution is 2.39. The maximum absolute atomic E-state index is 5.29. The molecule has 0 aliphatic carbocycles. The van der Waals surface area contributed by atoms with Crippen LogP contribution in [0.4, 0.5) is 0 Å². The first-order valence-electron chi connectivity index (χ1n) is 15.4. The van der Waals surface area contributed by atoms with Gasteiger partial charge in [0.2, 0.25) is 0 Å². The maximum Gasteiger partial charge on any atom is 0.159 e. The van der Waals surface area contributed by atoms with E-state index in [0.717, 1.165) is 39.1 Å². The predicted octanol–water partition coefficient (Wildman–Crippen LogP) is 11.4. The van der Waals surface area contributed by atoms with Crippen LogP contribution < -0.4 is 0 Å². The molecule has 0 atom stereocenters. The number of hydrogen-bond donors (Lipinski definition) is 0. The van der Waals surface area contributed by atoms with Crippen molar-refractivity contribution in [2.45, 2.75) is 20.8 Å². The quantitative estimate of drug-likeness (QED) is 0.196. The van der Waals surface area contributed by atoms with Crippen LogP contribution in [-0.2, 0) is 0 Å². The van der Waals surface area contributed by atoms with Crippen molar-refractivity contribution in [1.29, 1.82) is 0 Å². The lowest BCUT2D eigenvalue weighted by Gasteiger charge is -2.16. The van der Waals surface area contributed by atoms with Gasteiger partial charge in [-0.25, -0.2) is 9.97 Å². The highest BCUT2D eigenvalue weighted by atomic mass is 14.9. The molecule has 6 aromatic carbocycles. The van der Waals surface area contributed by atoms with E-state index in [1.165, 1.54) is 38.9 Å². The first kappa shape index (κ1) is 28.2. The van der Waals surface area contributed by atoms with Crippen LogP contribution in [0.2, 0.25) is 0 Å². The van der Waals surface area contributed by atoms with Crippen molar-refractivity contribution in [1.82, 2.24) is 9.97 Å². The molecular formula is C43H34N2. The molecule has 1 heterocycles. The highest BCUT2D eigenvalue weighted by Gasteiger charge is 2.18. The zero-order valence-electron chi connectivity index (χ0n) is 25.8. The molecule has 0 aliphatic rings. The third kappa shape index (κ3) is 5.83. The topological polar surface area (TPSA) is 25.8 Å². The van der Waals surface area contributed by atoms with Crippen molar-refractivity contribution >= 4 is 0 Å². The molecule has 2 nitrogen and oxygen atoms in total. The number of nitrogens with zero attached hydrogens (tertiary/aromatic N) is 2. The summed E-state index contributed by atoms with van der Waals surface area (Å²) in [7, 11) is 0. The molecule has 0 aliphatic heterocycles. The Hall–Kier alpha value is -5.60. The van der Waals surface area contributed by atoms with E-state index >= 15 is 0 Å². The van der Waals surface area contributed by atoms with Gasteiger partial charge in [-0.2, -0.15) is 0 Å². The lowest BCUT2D eigenvalue weighted by molar-refractivity contribution is 1.18. The van der Waals surface area contributed by atoms with Crippen molar-refractivity contribution in [2.24, 2.45) is 0 Å². The first-order valence-corrected chi connectivity index (χ1v) is 15.4. The van der Waals surface area contributed by atoms with Crippen molar-refractivity contribution in [3.8, 4) is 67.2 Å². The van der Waals surface area contributed by atoms with Gasteiger partial charge in [-0.15, -0.1) is 0 Å². The minimum absolute atomic E-state index is 0.711. The summed E-state index contributed by atoms with van der Waals surface area (Å²) in [6.45, 7) is 6.48. The molecular weight excluding hydrogens is 544 g/mol. The molecule has 0 saturated carbocycles. The molecule has 7 aromatic rings. The van der Waals surface area contributed by atoms with Crippen LogP contribution in [-0.4, -0.2) is 9.97 Å². The summed E-state index contributed by atoms with van der Waals surface area (Å²) in [6.07, 6.45) is 1.99. The molecule has 0 saturated heterocycles. The van der Waals surface area contributed by atoms with E-state index in [1.807, 2.05) is 24.4 Å². The molecule has 0 bridgehead atoms.